The van der Waals surface area contributed by atoms with Gasteiger partial charge in [0, 0.05) is 17.8 Å². The molecule has 9 nitrogen and oxygen atoms in total. The van der Waals surface area contributed by atoms with E-state index in [9.17, 15) is 13.2 Å². The summed E-state index contributed by atoms with van der Waals surface area (Å²) in [6, 6.07) is 22.4. The highest BCUT2D eigenvalue weighted by molar-refractivity contribution is 7.92. The summed E-state index contributed by atoms with van der Waals surface area (Å²) in [6.45, 7) is 2.06. The zero-order chi connectivity index (χ0) is 26.3. The maximum absolute atomic E-state index is 12.5. The minimum absolute atomic E-state index is 0.0170. The summed E-state index contributed by atoms with van der Waals surface area (Å²) in [5, 5.41) is 6.32. The topological polar surface area (TPSA) is 120 Å². The molecule has 4 rings (SSSR count). The molecule has 0 saturated carbocycles. The predicted molar refractivity (Wildman–Crippen MR) is 140 cm³/mol. The Kier molecular flexibility index (Phi) is 7.89. The number of rotatable bonds is 10. The average Bonchev–Trinajstić information content (AvgIpc) is 3.30. The molecule has 3 aromatic carbocycles. The van der Waals surface area contributed by atoms with Gasteiger partial charge in [0.2, 0.25) is 5.91 Å². The molecule has 0 bridgehead atoms. The molecule has 0 spiro atoms. The van der Waals surface area contributed by atoms with Crippen LogP contribution in [0.2, 0.25) is 0 Å². The van der Waals surface area contributed by atoms with Crippen LogP contribution in [0.15, 0.2) is 94.4 Å². The van der Waals surface area contributed by atoms with Crippen LogP contribution in [0.25, 0.3) is 6.08 Å². The molecule has 0 saturated heterocycles. The molecule has 0 aliphatic heterocycles. The van der Waals surface area contributed by atoms with Crippen LogP contribution >= 0.6 is 0 Å². The Balaban J connectivity index is 1.35. The monoisotopic (exact) mass is 519 g/mol. The standard InChI is InChI=1S/C27H25N3O6S/c1-19-16-26(29-36-19)30-37(32,33)23-12-10-22(11-13-23)28-27(31)15-9-20-8-14-24(25(17-20)34-2)35-18-21-6-4-3-5-7-21/h3-17H,18H2,1-2H3,(H,28,31)(H,29,30)/b15-9+. The number of carbonyl (C=O) groups is 1. The summed E-state index contributed by atoms with van der Waals surface area (Å²) < 4.78 is 43.5. The van der Waals surface area contributed by atoms with E-state index in [1.807, 2.05) is 36.4 Å². The number of amides is 1. The lowest BCUT2D eigenvalue weighted by atomic mass is 10.2. The largest absolute Gasteiger partial charge is 0.493 e. The number of hydrogen-bond acceptors (Lipinski definition) is 7. The number of sulfonamides is 1. The highest BCUT2D eigenvalue weighted by atomic mass is 32.2. The minimum atomic E-state index is -3.84. The Morgan fingerprint density at radius 1 is 1.00 bits per heavy atom. The highest BCUT2D eigenvalue weighted by Crippen LogP contribution is 2.29. The smallest absolute Gasteiger partial charge is 0.263 e. The van der Waals surface area contributed by atoms with Crippen molar-refractivity contribution in [2.45, 2.75) is 18.4 Å². The molecule has 0 atom stereocenters. The minimum Gasteiger partial charge on any atom is -0.493 e. The van der Waals surface area contributed by atoms with E-state index in [0.717, 1.165) is 11.1 Å². The zero-order valence-corrected chi connectivity index (χ0v) is 21.0. The fourth-order valence-electron chi connectivity index (χ4n) is 3.33. The van der Waals surface area contributed by atoms with Gasteiger partial charge in [-0.25, -0.2) is 8.42 Å². The van der Waals surface area contributed by atoms with E-state index in [1.54, 1.807) is 32.2 Å². The van der Waals surface area contributed by atoms with Crippen molar-refractivity contribution >= 4 is 33.5 Å². The number of anilines is 2. The van der Waals surface area contributed by atoms with Gasteiger partial charge in [0.25, 0.3) is 10.0 Å². The van der Waals surface area contributed by atoms with Gasteiger partial charge < -0.3 is 19.3 Å². The Morgan fingerprint density at radius 2 is 1.76 bits per heavy atom. The van der Waals surface area contributed by atoms with Crippen LogP contribution in [0.4, 0.5) is 11.5 Å². The first-order valence-electron chi connectivity index (χ1n) is 11.2. The lowest BCUT2D eigenvalue weighted by molar-refractivity contribution is -0.111. The van der Waals surface area contributed by atoms with E-state index in [-0.39, 0.29) is 16.6 Å². The SMILES string of the molecule is COc1cc(/C=C/C(=O)Nc2ccc(S(=O)(=O)Nc3cc(C)on3)cc2)ccc1OCc1ccccc1. The second-order valence-corrected chi connectivity index (χ2v) is 9.64. The van der Waals surface area contributed by atoms with Gasteiger partial charge >= 0.3 is 0 Å². The number of aryl methyl sites for hydroxylation is 1. The van der Waals surface area contributed by atoms with Crippen LogP contribution in [-0.4, -0.2) is 26.6 Å². The second kappa shape index (κ2) is 11.4. The maximum Gasteiger partial charge on any atom is 0.263 e. The van der Waals surface area contributed by atoms with Crippen LogP contribution in [0.3, 0.4) is 0 Å². The van der Waals surface area contributed by atoms with Gasteiger partial charge in [-0.2, -0.15) is 0 Å². The van der Waals surface area contributed by atoms with E-state index in [1.165, 1.54) is 36.4 Å². The average molecular weight is 520 g/mol. The first-order chi connectivity index (χ1) is 17.8. The predicted octanol–water partition coefficient (Wildman–Crippen LogP) is 5.02. The molecule has 1 heterocycles. The van der Waals surface area contributed by atoms with Crippen LogP contribution < -0.4 is 19.5 Å². The van der Waals surface area contributed by atoms with E-state index >= 15 is 0 Å². The molecule has 0 fully saturated rings. The number of carbonyl (C=O) groups excluding carboxylic acids is 1. The fourth-order valence-corrected chi connectivity index (χ4v) is 4.31. The first-order valence-corrected chi connectivity index (χ1v) is 12.7. The van der Waals surface area contributed by atoms with Gasteiger partial charge in [-0.15, -0.1) is 0 Å². The molecule has 10 heteroatoms. The molecule has 0 aliphatic carbocycles. The summed E-state index contributed by atoms with van der Waals surface area (Å²) in [7, 11) is -2.29. The third-order valence-corrected chi connectivity index (χ3v) is 6.52. The van der Waals surface area contributed by atoms with Crippen LogP contribution in [-0.2, 0) is 21.4 Å². The number of methoxy groups -OCH3 is 1. The molecule has 1 aromatic heterocycles. The summed E-state index contributed by atoms with van der Waals surface area (Å²) in [5.74, 6) is 1.33. The number of aromatic nitrogens is 1. The maximum atomic E-state index is 12.5. The van der Waals surface area contributed by atoms with Crippen molar-refractivity contribution in [1.29, 1.82) is 0 Å². The van der Waals surface area contributed by atoms with Crippen LogP contribution in [0.5, 0.6) is 11.5 Å². The first kappa shape index (κ1) is 25.5. The Labute approximate surface area is 214 Å². The lowest BCUT2D eigenvalue weighted by Crippen LogP contribution is -2.13. The Bertz CT molecular complexity index is 1500. The Hall–Kier alpha value is -4.57. The van der Waals surface area contributed by atoms with Crippen molar-refractivity contribution in [2.75, 3.05) is 17.1 Å². The number of ether oxygens (including phenoxy) is 2. The highest BCUT2D eigenvalue weighted by Gasteiger charge is 2.16. The fraction of sp³-hybridized carbons (Fsp3) is 0.111. The van der Waals surface area contributed by atoms with E-state index in [0.29, 0.717) is 29.6 Å². The van der Waals surface area contributed by atoms with Gasteiger partial charge in [-0.05, 0) is 60.5 Å². The van der Waals surface area contributed by atoms with Gasteiger partial charge in [-0.1, -0.05) is 41.6 Å². The Morgan fingerprint density at radius 3 is 2.43 bits per heavy atom. The van der Waals surface area contributed by atoms with E-state index in [4.69, 9.17) is 14.0 Å². The van der Waals surface area contributed by atoms with E-state index < -0.39 is 10.0 Å². The molecule has 190 valence electrons. The van der Waals surface area contributed by atoms with Crippen molar-refractivity contribution in [3.05, 3.63) is 102 Å². The molecule has 0 unspecified atom stereocenters. The van der Waals surface area contributed by atoms with Crippen molar-refractivity contribution < 1.29 is 27.2 Å². The molecule has 4 aromatic rings. The van der Waals surface area contributed by atoms with Gasteiger partial charge in [0.1, 0.15) is 12.4 Å². The quantitative estimate of drug-likeness (QED) is 0.282. The lowest BCUT2D eigenvalue weighted by Gasteiger charge is -2.11. The molecule has 37 heavy (non-hydrogen) atoms. The van der Waals surface area contributed by atoms with Gasteiger partial charge in [-0.3, -0.25) is 9.52 Å². The molecule has 1 amide bonds. The second-order valence-electron chi connectivity index (χ2n) is 7.96. The molecule has 0 aliphatic rings. The van der Waals surface area contributed by atoms with E-state index in [2.05, 4.69) is 15.2 Å². The summed E-state index contributed by atoms with van der Waals surface area (Å²) >= 11 is 0. The van der Waals surface area contributed by atoms with Crippen LogP contribution in [0, 0.1) is 6.92 Å². The summed E-state index contributed by atoms with van der Waals surface area (Å²) in [4.78, 5) is 12.4. The number of nitrogens with zero attached hydrogens (tertiary/aromatic N) is 1. The van der Waals surface area contributed by atoms with Crippen molar-refractivity contribution in [1.82, 2.24) is 5.16 Å². The van der Waals surface area contributed by atoms with Crippen molar-refractivity contribution in [2.24, 2.45) is 0 Å². The van der Waals surface area contributed by atoms with Crippen LogP contribution in [0.1, 0.15) is 16.9 Å². The molecule has 0 radical (unpaired) electrons. The summed E-state index contributed by atoms with van der Waals surface area (Å²) in [6.07, 6.45) is 3.01. The van der Waals surface area contributed by atoms with Gasteiger partial charge in [0.05, 0.1) is 12.0 Å². The number of nitrogens with one attached hydrogen (secondary N) is 2. The molecule has 2 N–H and O–H groups in total. The molecular weight excluding hydrogens is 494 g/mol. The van der Waals surface area contributed by atoms with Gasteiger partial charge in [0.15, 0.2) is 17.3 Å². The molecular formula is C27H25N3O6S. The third kappa shape index (κ3) is 6.98. The number of hydrogen-bond donors (Lipinski definition) is 2. The number of benzene rings is 3. The third-order valence-electron chi connectivity index (χ3n) is 5.15. The van der Waals surface area contributed by atoms with Crippen molar-refractivity contribution in [3.63, 3.8) is 0 Å². The van der Waals surface area contributed by atoms with Crippen molar-refractivity contribution in [3.8, 4) is 11.5 Å². The zero-order valence-electron chi connectivity index (χ0n) is 20.2. The normalized spacial score (nSPS) is 11.3. The summed E-state index contributed by atoms with van der Waals surface area (Å²) in [5.41, 5.74) is 2.22.